The molecule has 1 fully saturated rings. The number of benzene rings is 1. The summed E-state index contributed by atoms with van der Waals surface area (Å²) in [4.78, 5) is 14.5. The fourth-order valence-corrected chi connectivity index (χ4v) is 3.76. The molecule has 1 saturated heterocycles. The van der Waals surface area contributed by atoms with Crippen LogP contribution in [0.3, 0.4) is 0 Å². The molecule has 0 saturated carbocycles. The monoisotopic (exact) mass is 393 g/mol. The fraction of sp³-hybridized carbons (Fsp3) is 0.524. The van der Waals surface area contributed by atoms with Crippen LogP contribution in [0.5, 0.6) is 0 Å². The minimum Gasteiger partial charge on any atom is -0.337 e. The number of carbonyl (C=O) groups is 1. The quantitative estimate of drug-likeness (QED) is 0.774. The fourth-order valence-electron chi connectivity index (χ4n) is 3.76. The first-order chi connectivity index (χ1) is 13.3. The van der Waals surface area contributed by atoms with E-state index in [4.69, 9.17) is 0 Å². The Balaban J connectivity index is 1.62. The zero-order valence-corrected chi connectivity index (χ0v) is 16.2. The highest BCUT2D eigenvalue weighted by Gasteiger charge is 2.33. The number of aromatic nitrogens is 2. The van der Waals surface area contributed by atoms with Crippen molar-refractivity contribution < 1.29 is 18.0 Å². The lowest BCUT2D eigenvalue weighted by atomic mass is 9.90. The Morgan fingerprint density at radius 2 is 2.07 bits per heavy atom. The maximum atomic E-state index is 13.2. The molecule has 0 unspecified atom stereocenters. The molecular weight excluding hydrogens is 367 g/mol. The third-order valence-electron chi connectivity index (χ3n) is 5.39. The van der Waals surface area contributed by atoms with Gasteiger partial charge in [-0.2, -0.15) is 18.3 Å². The highest BCUT2D eigenvalue weighted by Crippen LogP contribution is 2.33. The van der Waals surface area contributed by atoms with Crippen molar-refractivity contribution in [2.24, 2.45) is 5.92 Å². The number of carbonyl (C=O) groups excluding carboxylic acids is 1. The number of nitrogens with zero attached hydrogens (tertiary/aromatic N) is 2. The number of nitrogens with one attached hydrogen (secondary N) is 1. The van der Waals surface area contributed by atoms with Gasteiger partial charge in [0.1, 0.15) is 5.69 Å². The lowest BCUT2D eigenvalue weighted by Gasteiger charge is -2.32. The number of aryl methyl sites for hydroxylation is 1. The van der Waals surface area contributed by atoms with Gasteiger partial charge in [-0.1, -0.05) is 32.0 Å². The van der Waals surface area contributed by atoms with Gasteiger partial charge in [-0.15, -0.1) is 0 Å². The number of hydrogen-bond acceptors (Lipinski definition) is 2. The van der Waals surface area contributed by atoms with Crippen molar-refractivity contribution in [1.29, 1.82) is 0 Å². The van der Waals surface area contributed by atoms with Crippen LogP contribution in [0.15, 0.2) is 30.3 Å². The average molecular weight is 393 g/mol. The van der Waals surface area contributed by atoms with Crippen molar-refractivity contribution in [3.05, 3.63) is 52.8 Å². The second-order valence-corrected chi connectivity index (χ2v) is 7.82. The molecule has 1 atom stereocenters. The summed E-state index contributed by atoms with van der Waals surface area (Å²) in [6, 6.07) is 7.53. The van der Waals surface area contributed by atoms with Crippen LogP contribution >= 0.6 is 0 Å². The summed E-state index contributed by atoms with van der Waals surface area (Å²) in [5.74, 6) is 0.350. The molecule has 0 aliphatic carbocycles. The number of amides is 1. The first-order valence-electron chi connectivity index (χ1n) is 9.75. The minimum absolute atomic E-state index is 0.108. The van der Waals surface area contributed by atoms with Gasteiger partial charge < -0.3 is 4.90 Å². The molecule has 1 N–H and O–H groups in total. The van der Waals surface area contributed by atoms with Gasteiger partial charge in [0.05, 0.1) is 5.56 Å². The Hall–Kier alpha value is -2.31. The van der Waals surface area contributed by atoms with Crippen LogP contribution in [0.4, 0.5) is 13.2 Å². The molecule has 3 rings (SSSR count). The van der Waals surface area contributed by atoms with Crippen molar-refractivity contribution in [3.8, 4) is 0 Å². The number of likely N-dealkylation sites (tertiary alicyclic amines) is 1. The second-order valence-electron chi connectivity index (χ2n) is 7.82. The van der Waals surface area contributed by atoms with E-state index in [1.165, 1.54) is 6.07 Å². The van der Waals surface area contributed by atoms with Gasteiger partial charge in [0.2, 0.25) is 0 Å². The number of aromatic amines is 1. The largest absolute Gasteiger partial charge is 0.416 e. The summed E-state index contributed by atoms with van der Waals surface area (Å²) >= 11 is 0. The molecule has 2 heterocycles. The Kier molecular flexibility index (Phi) is 6.10. The molecule has 7 heteroatoms. The molecule has 1 aromatic heterocycles. The number of hydrogen-bond donors (Lipinski definition) is 1. The van der Waals surface area contributed by atoms with Gasteiger partial charge in [0.15, 0.2) is 0 Å². The maximum absolute atomic E-state index is 13.2. The second kappa shape index (κ2) is 8.37. The third kappa shape index (κ3) is 4.75. The molecule has 0 radical (unpaired) electrons. The Morgan fingerprint density at radius 3 is 2.75 bits per heavy atom. The van der Waals surface area contributed by atoms with Crippen molar-refractivity contribution in [1.82, 2.24) is 15.1 Å². The summed E-state index contributed by atoms with van der Waals surface area (Å²) in [6.45, 7) is 5.28. The van der Waals surface area contributed by atoms with E-state index in [1.54, 1.807) is 23.1 Å². The number of halogens is 3. The van der Waals surface area contributed by atoms with E-state index in [9.17, 15) is 18.0 Å². The van der Waals surface area contributed by atoms with Gasteiger partial charge in [-0.25, -0.2) is 0 Å². The highest BCUT2D eigenvalue weighted by molar-refractivity contribution is 5.92. The number of alkyl halides is 3. The van der Waals surface area contributed by atoms with E-state index in [2.05, 4.69) is 10.2 Å². The molecule has 28 heavy (non-hydrogen) atoms. The standard InChI is InChI=1S/C21H26F3N3O/c1-14(2)18-12-19(26-25-18)20(28)27-11-5-6-15(13-27)9-10-16-7-3-4-8-17(16)21(22,23)24/h3-4,7-8,12,14-15H,5-6,9-11,13H2,1-2H3,(H,25,26)/t15-/m0/s1. The van der Waals surface area contributed by atoms with Crippen LogP contribution in [-0.4, -0.2) is 34.1 Å². The van der Waals surface area contributed by atoms with Crippen molar-refractivity contribution in [2.45, 2.75) is 51.6 Å². The summed E-state index contributed by atoms with van der Waals surface area (Å²) in [5.41, 5.74) is 1.09. The highest BCUT2D eigenvalue weighted by atomic mass is 19.4. The SMILES string of the molecule is CC(C)c1cc(C(=O)N2CCC[C@@H](CCc3ccccc3C(F)(F)F)C2)n[nH]1. The zero-order chi connectivity index (χ0) is 20.3. The van der Waals surface area contributed by atoms with E-state index in [0.717, 1.165) is 24.6 Å². The molecule has 1 amide bonds. The normalized spacial score (nSPS) is 17.9. The molecule has 0 bridgehead atoms. The first-order valence-corrected chi connectivity index (χ1v) is 9.75. The number of H-pyrrole nitrogens is 1. The van der Waals surface area contributed by atoms with Crippen molar-refractivity contribution in [3.63, 3.8) is 0 Å². The predicted molar refractivity (Wildman–Crippen MR) is 101 cm³/mol. The Bertz CT molecular complexity index is 813. The molecule has 1 aliphatic heterocycles. The molecule has 0 spiro atoms. The van der Waals surface area contributed by atoms with Crippen molar-refractivity contribution in [2.75, 3.05) is 13.1 Å². The first kappa shape index (κ1) is 20.4. The van der Waals surface area contributed by atoms with Gasteiger partial charge in [0, 0.05) is 18.8 Å². The van der Waals surface area contributed by atoms with Crippen LogP contribution in [0.25, 0.3) is 0 Å². The van der Waals surface area contributed by atoms with E-state index in [0.29, 0.717) is 37.2 Å². The van der Waals surface area contributed by atoms with E-state index in [1.807, 2.05) is 13.8 Å². The van der Waals surface area contributed by atoms with Crippen LogP contribution in [0.1, 0.15) is 66.3 Å². The maximum Gasteiger partial charge on any atom is 0.416 e. The number of piperidine rings is 1. The molecule has 1 aromatic carbocycles. The van der Waals surface area contributed by atoms with E-state index >= 15 is 0 Å². The summed E-state index contributed by atoms with van der Waals surface area (Å²) in [6.07, 6.45) is -1.55. The van der Waals surface area contributed by atoms with Gasteiger partial charge in [-0.3, -0.25) is 9.89 Å². The topological polar surface area (TPSA) is 49.0 Å². The molecule has 152 valence electrons. The van der Waals surface area contributed by atoms with Crippen LogP contribution in [0.2, 0.25) is 0 Å². The van der Waals surface area contributed by atoms with E-state index in [-0.39, 0.29) is 17.7 Å². The molecular formula is C21H26F3N3O. The van der Waals surface area contributed by atoms with Crippen LogP contribution in [0, 0.1) is 5.92 Å². The smallest absolute Gasteiger partial charge is 0.337 e. The average Bonchev–Trinajstić information content (AvgIpc) is 3.16. The summed E-state index contributed by atoms with van der Waals surface area (Å²) in [5, 5.41) is 7.03. The van der Waals surface area contributed by atoms with Crippen LogP contribution < -0.4 is 0 Å². The zero-order valence-electron chi connectivity index (χ0n) is 16.2. The number of rotatable bonds is 5. The van der Waals surface area contributed by atoms with Gasteiger partial charge >= 0.3 is 6.18 Å². The Labute approximate surface area is 163 Å². The third-order valence-corrected chi connectivity index (χ3v) is 5.39. The van der Waals surface area contributed by atoms with E-state index < -0.39 is 11.7 Å². The molecule has 2 aromatic rings. The molecule has 4 nitrogen and oxygen atoms in total. The lowest BCUT2D eigenvalue weighted by Crippen LogP contribution is -2.40. The summed E-state index contributed by atoms with van der Waals surface area (Å²) in [7, 11) is 0. The lowest BCUT2D eigenvalue weighted by molar-refractivity contribution is -0.138. The van der Waals surface area contributed by atoms with Gasteiger partial charge in [0.25, 0.3) is 5.91 Å². The van der Waals surface area contributed by atoms with Crippen molar-refractivity contribution >= 4 is 5.91 Å². The van der Waals surface area contributed by atoms with Gasteiger partial charge in [-0.05, 0) is 55.2 Å². The van der Waals surface area contributed by atoms with Crippen LogP contribution in [-0.2, 0) is 12.6 Å². The predicted octanol–water partition coefficient (Wildman–Crippen LogP) is 5.04. The molecule has 1 aliphatic rings. The Morgan fingerprint density at radius 1 is 1.32 bits per heavy atom. The summed E-state index contributed by atoms with van der Waals surface area (Å²) < 4.78 is 39.5. The minimum atomic E-state index is -4.33.